The first-order chi connectivity index (χ1) is 19.5. The van der Waals surface area contributed by atoms with Gasteiger partial charge < -0.3 is 10.2 Å². The predicted octanol–water partition coefficient (Wildman–Crippen LogP) is 5.16. The van der Waals surface area contributed by atoms with E-state index < -0.39 is 21.9 Å². The Labute approximate surface area is 243 Å². The Morgan fingerprint density at radius 3 is 2.29 bits per heavy atom. The average Bonchev–Trinajstić information content (AvgIpc) is 2.94. The lowest BCUT2D eigenvalue weighted by molar-refractivity contribution is -0.141. The van der Waals surface area contributed by atoms with Crippen LogP contribution in [0.4, 0.5) is 10.1 Å². The van der Waals surface area contributed by atoms with Crippen LogP contribution in [0.2, 0.25) is 0 Å². The van der Waals surface area contributed by atoms with Crippen LogP contribution in [-0.2, 0) is 32.6 Å². The summed E-state index contributed by atoms with van der Waals surface area (Å²) >= 11 is 0. The second-order valence-electron chi connectivity index (χ2n) is 10.3. The van der Waals surface area contributed by atoms with E-state index in [1.54, 1.807) is 30.3 Å². The molecule has 0 aromatic heterocycles. The third-order valence-electron chi connectivity index (χ3n) is 7.12. The SMILES string of the molecule is CCCNC(=O)[C@H](Cc1ccccc1)N(Cc1ccccc1F)C(=O)CCCN(c1cccc(C)c1C)S(C)(=O)=O. The Hall–Kier alpha value is -3.72. The summed E-state index contributed by atoms with van der Waals surface area (Å²) in [5.41, 5.74) is 3.55. The molecule has 220 valence electrons. The maximum absolute atomic E-state index is 14.7. The zero-order valence-corrected chi connectivity index (χ0v) is 25.1. The van der Waals surface area contributed by atoms with Gasteiger partial charge in [-0.05, 0) is 55.5 Å². The first kappa shape index (κ1) is 31.8. The van der Waals surface area contributed by atoms with Gasteiger partial charge in [-0.15, -0.1) is 0 Å². The molecule has 41 heavy (non-hydrogen) atoms. The lowest BCUT2D eigenvalue weighted by atomic mass is 10.0. The summed E-state index contributed by atoms with van der Waals surface area (Å²) < 4.78 is 41.5. The van der Waals surface area contributed by atoms with Gasteiger partial charge >= 0.3 is 0 Å². The molecule has 3 rings (SSSR count). The lowest BCUT2D eigenvalue weighted by Gasteiger charge is -2.32. The van der Waals surface area contributed by atoms with Crippen LogP contribution in [0.15, 0.2) is 72.8 Å². The van der Waals surface area contributed by atoms with Crippen LogP contribution in [0, 0.1) is 19.7 Å². The number of carbonyl (C=O) groups excluding carboxylic acids is 2. The number of anilines is 1. The number of rotatable bonds is 14. The summed E-state index contributed by atoms with van der Waals surface area (Å²) in [7, 11) is -3.62. The molecule has 0 saturated heterocycles. The number of carbonyl (C=O) groups is 2. The molecule has 0 aliphatic heterocycles. The number of aryl methyl sites for hydroxylation is 1. The quantitative estimate of drug-likeness (QED) is 0.285. The minimum atomic E-state index is -3.62. The number of hydrogen-bond acceptors (Lipinski definition) is 4. The van der Waals surface area contributed by atoms with Crippen molar-refractivity contribution in [2.45, 2.75) is 59.0 Å². The second kappa shape index (κ2) is 14.8. The lowest BCUT2D eigenvalue weighted by Crippen LogP contribution is -2.50. The van der Waals surface area contributed by atoms with Gasteiger partial charge in [0, 0.05) is 38.0 Å². The van der Waals surface area contributed by atoms with E-state index in [4.69, 9.17) is 0 Å². The molecular formula is C32H40FN3O4S. The molecule has 0 fully saturated rings. The minimum Gasteiger partial charge on any atom is -0.354 e. The number of amides is 2. The van der Waals surface area contributed by atoms with E-state index in [9.17, 15) is 22.4 Å². The molecule has 0 aliphatic rings. The molecular weight excluding hydrogens is 541 g/mol. The standard InChI is InChI=1S/C32H40FN3O4S/c1-5-20-34-32(38)30(22-26-14-7-6-8-15-26)35(23-27-16-9-10-17-28(27)33)31(37)19-12-21-36(41(4,39)40)29-18-11-13-24(2)25(29)3/h6-11,13-18,30H,5,12,19-23H2,1-4H3,(H,34,38)/t30-/m0/s1. The largest absolute Gasteiger partial charge is 0.354 e. The molecule has 3 aromatic carbocycles. The van der Waals surface area contributed by atoms with Crippen molar-refractivity contribution in [2.75, 3.05) is 23.7 Å². The molecule has 0 spiro atoms. The van der Waals surface area contributed by atoms with Crippen molar-refractivity contribution < 1.29 is 22.4 Å². The number of benzene rings is 3. The molecule has 0 heterocycles. The highest BCUT2D eigenvalue weighted by Crippen LogP contribution is 2.26. The van der Waals surface area contributed by atoms with Crippen molar-refractivity contribution in [3.63, 3.8) is 0 Å². The molecule has 0 radical (unpaired) electrons. The third-order valence-corrected chi connectivity index (χ3v) is 8.30. The number of nitrogens with one attached hydrogen (secondary N) is 1. The molecule has 1 N–H and O–H groups in total. The molecule has 9 heteroatoms. The molecule has 0 bridgehead atoms. The van der Waals surface area contributed by atoms with Crippen LogP contribution in [0.25, 0.3) is 0 Å². The Balaban J connectivity index is 1.90. The van der Waals surface area contributed by atoms with Gasteiger partial charge in [0.1, 0.15) is 11.9 Å². The molecule has 3 aromatic rings. The number of sulfonamides is 1. The molecule has 1 atom stereocenters. The summed E-state index contributed by atoms with van der Waals surface area (Å²) in [6.45, 7) is 6.18. The Morgan fingerprint density at radius 2 is 1.63 bits per heavy atom. The Bertz CT molecular complexity index is 1430. The van der Waals surface area contributed by atoms with Gasteiger partial charge in [0.05, 0.1) is 11.9 Å². The predicted molar refractivity (Wildman–Crippen MR) is 162 cm³/mol. The van der Waals surface area contributed by atoms with E-state index in [1.807, 2.05) is 57.2 Å². The smallest absolute Gasteiger partial charge is 0.243 e. The van der Waals surface area contributed by atoms with Gasteiger partial charge in [-0.3, -0.25) is 13.9 Å². The van der Waals surface area contributed by atoms with Crippen molar-refractivity contribution in [1.82, 2.24) is 10.2 Å². The maximum atomic E-state index is 14.7. The molecule has 0 saturated carbocycles. The number of halogens is 1. The van der Waals surface area contributed by atoms with E-state index in [-0.39, 0.29) is 44.2 Å². The Morgan fingerprint density at radius 1 is 0.951 bits per heavy atom. The Kier molecular flexibility index (Phi) is 11.5. The van der Waals surface area contributed by atoms with Crippen LogP contribution < -0.4 is 9.62 Å². The van der Waals surface area contributed by atoms with Gasteiger partial charge in [-0.1, -0.05) is 67.6 Å². The highest BCUT2D eigenvalue weighted by atomic mass is 32.2. The molecule has 0 unspecified atom stereocenters. The summed E-state index contributed by atoms with van der Waals surface area (Å²) in [6.07, 6.45) is 2.34. The molecule has 0 aliphatic carbocycles. The van der Waals surface area contributed by atoms with Gasteiger partial charge in [0.15, 0.2) is 0 Å². The summed E-state index contributed by atoms with van der Waals surface area (Å²) in [5, 5.41) is 2.90. The van der Waals surface area contributed by atoms with E-state index in [0.29, 0.717) is 17.8 Å². The van der Waals surface area contributed by atoms with Crippen molar-refractivity contribution >= 4 is 27.5 Å². The van der Waals surface area contributed by atoms with Crippen molar-refractivity contribution in [1.29, 1.82) is 0 Å². The topological polar surface area (TPSA) is 86.8 Å². The fourth-order valence-electron chi connectivity index (χ4n) is 4.72. The average molecular weight is 582 g/mol. The van der Waals surface area contributed by atoms with Crippen LogP contribution in [-0.4, -0.2) is 50.5 Å². The highest BCUT2D eigenvalue weighted by molar-refractivity contribution is 7.92. The van der Waals surface area contributed by atoms with E-state index in [2.05, 4.69) is 5.32 Å². The van der Waals surface area contributed by atoms with E-state index >= 15 is 0 Å². The number of nitrogens with zero attached hydrogens (tertiary/aromatic N) is 2. The van der Waals surface area contributed by atoms with Gasteiger partial charge in [-0.2, -0.15) is 0 Å². The molecule has 2 amide bonds. The van der Waals surface area contributed by atoms with Crippen LogP contribution in [0.1, 0.15) is 48.4 Å². The monoisotopic (exact) mass is 581 g/mol. The highest BCUT2D eigenvalue weighted by Gasteiger charge is 2.31. The second-order valence-corrected chi connectivity index (χ2v) is 12.2. The fourth-order valence-corrected chi connectivity index (χ4v) is 5.73. The van der Waals surface area contributed by atoms with Gasteiger partial charge in [-0.25, -0.2) is 12.8 Å². The number of hydrogen-bond donors (Lipinski definition) is 1. The molecule has 7 nitrogen and oxygen atoms in total. The van der Waals surface area contributed by atoms with E-state index in [1.165, 1.54) is 15.3 Å². The summed E-state index contributed by atoms with van der Waals surface area (Å²) in [4.78, 5) is 28.7. The fraction of sp³-hybridized carbons (Fsp3) is 0.375. The van der Waals surface area contributed by atoms with E-state index in [0.717, 1.165) is 29.4 Å². The van der Waals surface area contributed by atoms with Gasteiger partial charge in [0.25, 0.3) is 0 Å². The zero-order chi connectivity index (χ0) is 30.0. The van der Waals surface area contributed by atoms with Crippen LogP contribution in [0.3, 0.4) is 0 Å². The van der Waals surface area contributed by atoms with Crippen LogP contribution in [0.5, 0.6) is 0 Å². The van der Waals surface area contributed by atoms with Crippen molar-refractivity contribution in [3.8, 4) is 0 Å². The minimum absolute atomic E-state index is 0.0162. The summed E-state index contributed by atoms with van der Waals surface area (Å²) in [6, 6.07) is 20.2. The van der Waals surface area contributed by atoms with Crippen molar-refractivity contribution in [2.24, 2.45) is 0 Å². The van der Waals surface area contributed by atoms with Crippen LogP contribution >= 0.6 is 0 Å². The third kappa shape index (κ3) is 8.88. The zero-order valence-electron chi connectivity index (χ0n) is 24.3. The maximum Gasteiger partial charge on any atom is 0.243 e. The normalized spacial score (nSPS) is 12.0. The first-order valence-electron chi connectivity index (χ1n) is 13.9. The van der Waals surface area contributed by atoms with Gasteiger partial charge in [0.2, 0.25) is 21.8 Å². The first-order valence-corrected chi connectivity index (χ1v) is 15.8. The summed E-state index contributed by atoms with van der Waals surface area (Å²) in [5.74, 6) is -1.13. The van der Waals surface area contributed by atoms with Crippen molar-refractivity contribution in [3.05, 3.63) is 101 Å².